The molecule has 0 aliphatic carbocycles. The van der Waals surface area contributed by atoms with Gasteiger partial charge in [0.15, 0.2) is 0 Å². The highest BCUT2D eigenvalue weighted by molar-refractivity contribution is 9.10. The molecule has 0 amide bonds. The molecule has 106 valence electrons. The van der Waals surface area contributed by atoms with Gasteiger partial charge in [-0.3, -0.25) is 0 Å². The van der Waals surface area contributed by atoms with Crippen molar-refractivity contribution in [3.8, 4) is 0 Å². The summed E-state index contributed by atoms with van der Waals surface area (Å²) >= 11 is 3.48. The molecule has 0 bridgehead atoms. The van der Waals surface area contributed by atoms with Crippen molar-refractivity contribution in [1.29, 1.82) is 0 Å². The van der Waals surface area contributed by atoms with Gasteiger partial charge in [-0.15, -0.1) is 12.4 Å². The van der Waals surface area contributed by atoms with Gasteiger partial charge in [-0.1, -0.05) is 13.8 Å². The van der Waals surface area contributed by atoms with E-state index in [1.807, 2.05) is 32.9 Å². The van der Waals surface area contributed by atoms with Gasteiger partial charge in [-0.25, -0.2) is 0 Å². The van der Waals surface area contributed by atoms with Crippen molar-refractivity contribution < 1.29 is 9.52 Å². The van der Waals surface area contributed by atoms with Gasteiger partial charge in [0.1, 0.15) is 17.4 Å². The maximum absolute atomic E-state index is 10.1. The Morgan fingerprint density at radius 1 is 1.32 bits per heavy atom. The van der Waals surface area contributed by atoms with Crippen LogP contribution in [0.1, 0.15) is 31.3 Å². The molecule has 0 radical (unpaired) electrons. The highest BCUT2D eigenvalue weighted by atomic mass is 79.9. The molecule has 0 aliphatic heterocycles. The van der Waals surface area contributed by atoms with E-state index in [1.165, 1.54) is 0 Å². The number of aliphatic hydroxyl groups is 1. The molecule has 5 heteroatoms. The third-order valence-electron chi connectivity index (χ3n) is 2.78. The lowest BCUT2D eigenvalue weighted by Gasteiger charge is -2.11. The molecule has 1 atom stereocenters. The number of hydrogen-bond acceptors (Lipinski definition) is 3. The molecule has 2 aromatic rings. The molecule has 2 rings (SSSR count). The monoisotopic (exact) mass is 347 g/mol. The minimum absolute atomic E-state index is 0. The second-order valence-electron chi connectivity index (χ2n) is 4.89. The van der Waals surface area contributed by atoms with Gasteiger partial charge in [0.2, 0.25) is 0 Å². The van der Waals surface area contributed by atoms with Gasteiger partial charge in [0, 0.05) is 18.0 Å². The van der Waals surface area contributed by atoms with Crippen LogP contribution in [0.3, 0.4) is 0 Å². The van der Waals surface area contributed by atoms with Crippen LogP contribution < -0.4 is 5.32 Å². The number of hydrogen-bond donors (Lipinski definition) is 2. The molecule has 1 heterocycles. The molecule has 0 fully saturated rings. The van der Waals surface area contributed by atoms with Crippen LogP contribution in [0.15, 0.2) is 27.1 Å². The Balaban J connectivity index is 0.00000180. The number of furan rings is 1. The Morgan fingerprint density at radius 2 is 2.00 bits per heavy atom. The summed E-state index contributed by atoms with van der Waals surface area (Å²) in [7, 11) is 0. The van der Waals surface area contributed by atoms with E-state index in [1.54, 1.807) is 0 Å². The standard InChI is InChI=1S/C14H18BrNO2.ClH/c1-8(2)16-7-12(17)13-6-10-4-9(3)5-11(15)14(10)18-13;/h4-6,8,12,16-17H,7H2,1-3H3;1H. The molecule has 2 N–H and O–H groups in total. The Bertz CT molecular complexity index is 554. The van der Waals surface area contributed by atoms with Crippen LogP contribution in [0.25, 0.3) is 11.0 Å². The van der Waals surface area contributed by atoms with E-state index >= 15 is 0 Å². The molecule has 3 nitrogen and oxygen atoms in total. The van der Waals surface area contributed by atoms with Crippen molar-refractivity contribution >= 4 is 39.3 Å². The van der Waals surface area contributed by atoms with Crippen LogP contribution in [0.4, 0.5) is 0 Å². The second-order valence-corrected chi connectivity index (χ2v) is 5.75. The summed E-state index contributed by atoms with van der Waals surface area (Å²) in [6.07, 6.45) is -0.619. The van der Waals surface area contributed by atoms with Crippen molar-refractivity contribution in [2.24, 2.45) is 0 Å². The van der Waals surface area contributed by atoms with Gasteiger partial charge in [0.25, 0.3) is 0 Å². The Kier molecular flexibility index (Phi) is 5.86. The van der Waals surface area contributed by atoms with Crippen molar-refractivity contribution in [1.82, 2.24) is 5.32 Å². The van der Waals surface area contributed by atoms with Gasteiger partial charge in [-0.05, 0) is 46.6 Å². The second kappa shape index (κ2) is 6.75. The molecule has 0 aliphatic rings. The number of rotatable bonds is 4. The van der Waals surface area contributed by atoms with E-state index < -0.39 is 6.10 Å². The number of halogens is 2. The third kappa shape index (κ3) is 3.96. The SMILES string of the molecule is Cc1cc(Br)c2oc(C(O)CNC(C)C)cc2c1.Cl. The molecule has 0 spiro atoms. The van der Waals surface area contributed by atoms with Crippen LogP contribution in [0.2, 0.25) is 0 Å². The molecule has 0 saturated heterocycles. The number of nitrogens with one attached hydrogen (secondary N) is 1. The Labute approximate surface area is 127 Å². The topological polar surface area (TPSA) is 45.4 Å². The summed E-state index contributed by atoms with van der Waals surface area (Å²) in [5.74, 6) is 0.601. The molecular formula is C14H19BrClNO2. The first kappa shape index (κ1) is 16.5. The zero-order valence-electron chi connectivity index (χ0n) is 11.2. The highest BCUT2D eigenvalue weighted by Crippen LogP contribution is 2.30. The van der Waals surface area contributed by atoms with Crippen molar-refractivity contribution in [3.05, 3.63) is 34.0 Å². The van der Waals surface area contributed by atoms with Crippen molar-refractivity contribution in [2.75, 3.05) is 6.54 Å². The van der Waals surface area contributed by atoms with E-state index in [9.17, 15) is 5.11 Å². The van der Waals surface area contributed by atoms with E-state index in [-0.39, 0.29) is 12.4 Å². The molecule has 1 unspecified atom stereocenters. The summed E-state index contributed by atoms with van der Waals surface area (Å²) < 4.78 is 6.63. The zero-order valence-corrected chi connectivity index (χ0v) is 13.6. The first-order valence-electron chi connectivity index (χ1n) is 6.08. The van der Waals surface area contributed by atoms with Crippen LogP contribution >= 0.6 is 28.3 Å². The molecular weight excluding hydrogens is 330 g/mol. The molecule has 1 aromatic carbocycles. The lowest BCUT2D eigenvalue weighted by atomic mass is 10.1. The maximum atomic E-state index is 10.1. The maximum Gasteiger partial charge on any atom is 0.148 e. The number of benzene rings is 1. The first-order valence-corrected chi connectivity index (χ1v) is 6.87. The normalized spacial score (nSPS) is 12.7. The van der Waals surface area contributed by atoms with Crippen LogP contribution in [0.5, 0.6) is 0 Å². The van der Waals surface area contributed by atoms with Crippen molar-refractivity contribution in [3.63, 3.8) is 0 Å². The fraction of sp³-hybridized carbons (Fsp3) is 0.429. The summed E-state index contributed by atoms with van der Waals surface area (Å²) in [6.45, 7) is 6.62. The van der Waals surface area contributed by atoms with Gasteiger partial charge in [-0.2, -0.15) is 0 Å². The largest absolute Gasteiger partial charge is 0.457 e. The van der Waals surface area contributed by atoms with Crippen LogP contribution in [-0.4, -0.2) is 17.7 Å². The quantitative estimate of drug-likeness (QED) is 0.879. The van der Waals surface area contributed by atoms with E-state index in [4.69, 9.17) is 4.42 Å². The fourth-order valence-corrected chi connectivity index (χ4v) is 2.55. The smallest absolute Gasteiger partial charge is 0.148 e. The van der Waals surface area contributed by atoms with Gasteiger partial charge < -0.3 is 14.8 Å². The molecule has 0 saturated carbocycles. The summed E-state index contributed by atoms with van der Waals surface area (Å²) in [4.78, 5) is 0. The lowest BCUT2D eigenvalue weighted by Crippen LogP contribution is -2.27. The molecule has 1 aromatic heterocycles. The van der Waals surface area contributed by atoms with E-state index in [0.29, 0.717) is 18.3 Å². The number of aliphatic hydroxyl groups excluding tert-OH is 1. The lowest BCUT2D eigenvalue weighted by molar-refractivity contribution is 0.147. The average molecular weight is 349 g/mol. The Hall–Kier alpha value is -0.550. The van der Waals surface area contributed by atoms with Crippen molar-refractivity contribution in [2.45, 2.75) is 32.9 Å². The minimum atomic E-state index is -0.619. The van der Waals surface area contributed by atoms with E-state index in [0.717, 1.165) is 21.0 Å². The summed E-state index contributed by atoms with van der Waals surface area (Å²) in [6, 6.07) is 6.31. The number of fused-ring (bicyclic) bond motifs is 1. The number of aryl methyl sites for hydroxylation is 1. The summed E-state index contributed by atoms with van der Waals surface area (Å²) in [5, 5.41) is 14.3. The fourth-order valence-electron chi connectivity index (χ4n) is 1.88. The van der Waals surface area contributed by atoms with Gasteiger partial charge in [0.05, 0.1) is 4.47 Å². The van der Waals surface area contributed by atoms with Gasteiger partial charge >= 0.3 is 0 Å². The minimum Gasteiger partial charge on any atom is -0.457 e. The average Bonchev–Trinajstić information content (AvgIpc) is 2.69. The first-order chi connectivity index (χ1) is 8.47. The van der Waals surface area contributed by atoms with Crippen LogP contribution in [-0.2, 0) is 0 Å². The Morgan fingerprint density at radius 3 is 2.63 bits per heavy atom. The van der Waals surface area contributed by atoms with Crippen LogP contribution in [0, 0.1) is 6.92 Å². The predicted molar refractivity (Wildman–Crippen MR) is 84.0 cm³/mol. The summed E-state index contributed by atoms with van der Waals surface area (Å²) in [5.41, 5.74) is 1.95. The zero-order chi connectivity index (χ0) is 13.3. The third-order valence-corrected chi connectivity index (χ3v) is 3.37. The molecule has 19 heavy (non-hydrogen) atoms. The predicted octanol–water partition coefficient (Wildman–Crippen LogP) is 3.96. The highest BCUT2D eigenvalue weighted by Gasteiger charge is 2.15. The van der Waals surface area contributed by atoms with E-state index in [2.05, 4.69) is 27.3 Å².